The van der Waals surface area contributed by atoms with Gasteiger partial charge in [-0.05, 0) is 31.5 Å². The Morgan fingerprint density at radius 3 is 2.77 bits per heavy atom. The number of halogens is 2. The standard InChI is InChI=1S/C19H21F2N3O2/c1-10-17(11(2)24-23-10)12-3-4-16-14(7-12)15(5-6-26-16)22-18(25)13-8-19(20,21)9-13/h3-4,7,13,15H,5-6,8-9H2,1-2H3,(H,22,25)(H,23,24). The molecule has 0 radical (unpaired) electrons. The van der Waals surface area contributed by atoms with Gasteiger partial charge >= 0.3 is 0 Å². The van der Waals surface area contributed by atoms with Gasteiger partial charge in [-0.2, -0.15) is 5.10 Å². The molecule has 7 heteroatoms. The van der Waals surface area contributed by atoms with Gasteiger partial charge in [-0.3, -0.25) is 9.89 Å². The largest absolute Gasteiger partial charge is 0.493 e. The molecule has 1 saturated carbocycles. The van der Waals surface area contributed by atoms with Gasteiger partial charge in [0, 0.05) is 42.0 Å². The van der Waals surface area contributed by atoms with Gasteiger partial charge in [0.05, 0.1) is 18.3 Å². The van der Waals surface area contributed by atoms with Gasteiger partial charge in [-0.25, -0.2) is 8.78 Å². The Morgan fingerprint density at radius 1 is 1.35 bits per heavy atom. The summed E-state index contributed by atoms with van der Waals surface area (Å²) in [6.45, 7) is 4.38. The maximum atomic E-state index is 13.0. The minimum absolute atomic E-state index is 0.229. The molecule has 2 aromatic rings. The van der Waals surface area contributed by atoms with Gasteiger partial charge < -0.3 is 10.1 Å². The van der Waals surface area contributed by atoms with Gasteiger partial charge in [0.2, 0.25) is 11.8 Å². The van der Waals surface area contributed by atoms with Gasteiger partial charge in [0.15, 0.2) is 0 Å². The van der Waals surface area contributed by atoms with Crippen molar-refractivity contribution in [2.45, 2.75) is 45.1 Å². The molecule has 0 bridgehead atoms. The van der Waals surface area contributed by atoms with Crippen LogP contribution in [0.5, 0.6) is 5.75 Å². The number of carbonyl (C=O) groups excluding carboxylic acids is 1. The van der Waals surface area contributed by atoms with Crippen molar-refractivity contribution in [3.8, 4) is 16.9 Å². The molecule has 26 heavy (non-hydrogen) atoms. The molecule has 0 spiro atoms. The molecule has 1 aromatic carbocycles. The van der Waals surface area contributed by atoms with E-state index in [0.29, 0.717) is 13.0 Å². The topological polar surface area (TPSA) is 67.0 Å². The third-order valence-corrected chi connectivity index (χ3v) is 5.24. The third-order valence-electron chi connectivity index (χ3n) is 5.24. The zero-order valence-corrected chi connectivity index (χ0v) is 14.7. The number of nitrogens with one attached hydrogen (secondary N) is 2. The summed E-state index contributed by atoms with van der Waals surface area (Å²) in [6, 6.07) is 5.64. The summed E-state index contributed by atoms with van der Waals surface area (Å²) >= 11 is 0. The Kier molecular flexibility index (Phi) is 3.97. The number of fused-ring (bicyclic) bond motifs is 1. The third kappa shape index (κ3) is 2.95. The van der Waals surface area contributed by atoms with Crippen molar-refractivity contribution in [1.29, 1.82) is 0 Å². The molecule has 1 fully saturated rings. The van der Waals surface area contributed by atoms with Crippen LogP contribution >= 0.6 is 0 Å². The predicted molar refractivity (Wildman–Crippen MR) is 92.2 cm³/mol. The molecule has 4 rings (SSSR count). The number of aryl methyl sites for hydroxylation is 2. The number of nitrogens with zero attached hydrogens (tertiary/aromatic N) is 1. The second-order valence-corrected chi connectivity index (χ2v) is 7.22. The van der Waals surface area contributed by atoms with E-state index in [1.807, 2.05) is 32.0 Å². The zero-order valence-electron chi connectivity index (χ0n) is 14.7. The fraction of sp³-hybridized carbons (Fsp3) is 0.474. The summed E-state index contributed by atoms with van der Waals surface area (Å²) in [6.07, 6.45) is -0.0978. The molecule has 1 unspecified atom stereocenters. The first kappa shape index (κ1) is 17.0. The lowest BCUT2D eigenvalue weighted by atomic mass is 9.80. The highest BCUT2D eigenvalue weighted by atomic mass is 19.3. The second-order valence-electron chi connectivity index (χ2n) is 7.22. The number of carbonyl (C=O) groups is 1. The molecule has 1 aliphatic heterocycles. The van der Waals surface area contributed by atoms with Crippen molar-refractivity contribution in [2.24, 2.45) is 5.92 Å². The summed E-state index contributed by atoms with van der Waals surface area (Å²) < 4.78 is 31.8. The van der Waals surface area contributed by atoms with Crippen molar-refractivity contribution in [3.63, 3.8) is 0 Å². The summed E-state index contributed by atoms with van der Waals surface area (Å²) in [5.41, 5.74) is 4.77. The van der Waals surface area contributed by atoms with Gasteiger partial charge in [-0.1, -0.05) is 6.07 Å². The second kappa shape index (κ2) is 6.07. The lowest BCUT2D eigenvalue weighted by Crippen LogP contribution is -2.46. The van der Waals surface area contributed by atoms with Crippen molar-refractivity contribution < 1.29 is 18.3 Å². The minimum atomic E-state index is -2.70. The van der Waals surface area contributed by atoms with Crippen LogP contribution in [-0.2, 0) is 4.79 Å². The number of aromatic amines is 1. The van der Waals surface area contributed by atoms with Crippen LogP contribution in [0.3, 0.4) is 0 Å². The van der Waals surface area contributed by atoms with E-state index in [9.17, 15) is 13.6 Å². The van der Waals surface area contributed by atoms with E-state index in [0.717, 1.165) is 33.8 Å². The lowest BCUT2D eigenvalue weighted by Gasteiger charge is -2.35. The normalized spacial score (nSPS) is 21.5. The number of benzene rings is 1. The molecule has 1 atom stereocenters. The molecule has 1 aliphatic carbocycles. The SMILES string of the molecule is Cc1n[nH]c(C)c1-c1ccc2c(c1)C(NC(=O)C1CC(F)(F)C1)CCO2. The minimum Gasteiger partial charge on any atom is -0.493 e. The van der Waals surface area contributed by atoms with Crippen molar-refractivity contribution >= 4 is 5.91 Å². The maximum absolute atomic E-state index is 13.0. The smallest absolute Gasteiger partial charge is 0.249 e. The fourth-order valence-electron chi connectivity index (χ4n) is 3.81. The highest BCUT2D eigenvalue weighted by Gasteiger charge is 2.49. The molecule has 1 amide bonds. The molecule has 2 heterocycles. The number of hydrogen-bond donors (Lipinski definition) is 2. The monoisotopic (exact) mass is 361 g/mol. The van der Waals surface area contributed by atoms with E-state index < -0.39 is 11.8 Å². The number of hydrogen-bond acceptors (Lipinski definition) is 3. The molecule has 138 valence electrons. The highest BCUT2D eigenvalue weighted by molar-refractivity contribution is 5.80. The molecule has 0 saturated heterocycles. The van der Waals surface area contributed by atoms with E-state index in [1.54, 1.807) is 0 Å². The van der Waals surface area contributed by atoms with Crippen molar-refractivity contribution in [2.75, 3.05) is 6.61 Å². The Morgan fingerprint density at radius 2 is 2.12 bits per heavy atom. The van der Waals surface area contributed by atoms with E-state index in [-0.39, 0.29) is 24.8 Å². The van der Waals surface area contributed by atoms with Gasteiger partial charge in [0.1, 0.15) is 5.75 Å². The van der Waals surface area contributed by atoms with Crippen LogP contribution in [0.2, 0.25) is 0 Å². The number of aromatic nitrogens is 2. The summed E-state index contributed by atoms with van der Waals surface area (Å²) in [5, 5.41) is 10.1. The Bertz CT molecular complexity index is 835. The molecule has 2 aliphatic rings. The Hall–Kier alpha value is -2.44. The maximum Gasteiger partial charge on any atom is 0.249 e. The number of amides is 1. The van der Waals surface area contributed by atoms with E-state index in [4.69, 9.17) is 4.74 Å². The molecule has 2 N–H and O–H groups in total. The van der Waals surface area contributed by atoms with E-state index >= 15 is 0 Å². The van der Waals surface area contributed by atoms with Crippen LogP contribution in [0.4, 0.5) is 8.78 Å². The average Bonchev–Trinajstić information content (AvgIpc) is 2.91. The quantitative estimate of drug-likeness (QED) is 0.876. The van der Waals surface area contributed by atoms with E-state index in [1.165, 1.54) is 0 Å². The van der Waals surface area contributed by atoms with Crippen LogP contribution in [-0.4, -0.2) is 28.6 Å². The Labute approximate surface area is 150 Å². The van der Waals surface area contributed by atoms with Crippen LogP contribution in [0, 0.1) is 19.8 Å². The summed E-state index contributed by atoms with van der Waals surface area (Å²) in [7, 11) is 0. The zero-order chi connectivity index (χ0) is 18.5. The first-order chi connectivity index (χ1) is 12.3. The van der Waals surface area contributed by atoms with Gasteiger partial charge in [-0.15, -0.1) is 0 Å². The molecule has 1 aromatic heterocycles. The van der Waals surface area contributed by atoms with E-state index in [2.05, 4.69) is 15.5 Å². The molecule has 5 nitrogen and oxygen atoms in total. The van der Waals surface area contributed by atoms with Crippen LogP contribution in [0.25, 0.3) is 11.1 Å². The predicted octanol–water partition coefficient (Wildman–Crippen LogP) is 3.68. The van der Waals surface area contributed by atoms with Crippen LogP contribution in [0.15, 0.2) is 18.2 Å². The number of H-pyrrole nitrogens is 1. The van der Waals surface area contributed by atoms with Gasteiger partial charge in [0.25, 0.3) is 0 Å². The van der Waals surface area contributed by atoms with Crippen LogP contribution < -0.4 is 10.1 Å². The number of ether oxygens (including phenoxy) is 1. The molecular formula is C19H21F2N3O2. The first-order valence-corrected chi connectivity index (χ1v) is 8.81. The van der Waals surface area contributed by atoms with Crippen molar-refractivity contribution in [3.05, 3.63) is 35.2 Å². The summed E-state index contributed by atoms with van der Waals surface area (Å²) in [5.74, 6) is -2.87. The number of rotatable bonds is 3. The van der Waals surface area contributed by atoms with Crippen molar-refractivity contribution in [1.82, 2.24) is 15.5 Å². The first-order valence-electron chi connectivity index (χ1n) is 8.81. The number of alkyl halides is 2. The lowest BCUT2D eigenvalue weighted by molar-refractivity contribution is -0.151. The average molecular weight is 361 g/mol. The summed E-state index contributed by atoms with van der Waals surface area (Å²) in [4.78, 5) is 12.3. The van der Waals surface area contributed by atoms with Crippen LogP contribution in [0.1, 0.15) is 42.3 Å². The highest BCUT2D eigenvalue weighted by Crippen LogP contribution is 2.43. The fourth-order valence-corrected chi connectivity index (χ4v) is 3.81. The molecular weight excluding hydrogens is 340 g/mol. The Balaban J connectivity index is 1.59.